The smallest absolute Gasteiger partial charge is 0.319 e. The van der Waals surface area contributed by atoms with Crippen molar-refractivity contribution < 1.29 is 4.79 Å². The molecule has 0 saturated carbocycles. The van der Waals surface area contributed by atoms with Gasteiger partial charge in [0.25, 0.3) is 0 Å². The summed E-state index contributed by atoms with van der Waals surface area (Å²) in [6, 6.07) is 10.1. The lowest BCUT2D eigenvalue weighted by atomic mass is 10.1. The number of amides is 2. The van der Waals surface area contributed by atoms with Crippen molar-refractivity contribution in [3.05, 3.63) is 57.6 Å². The summed E-state index contributed by atoms with van der Waals surface area (Å²) in [4.78, 5) is 11.9. The van der Waals surface area contributed by atoms with Crippen LogP contribution in [-0.2, 0) is 6.54 Å². The molecule has 0 aliphatic heterocycles. The Labute approximate surface area is 133 Å². The van der Waals surface area contributed by atoms with E-state index in [4.69, 9.17) is 28.9 Å². The van der Waals surface area contributed by atoms with Crippen molar-refractivity contribution >= 4 is 40.6 Å². The minimum atomic E-state index is -0.338. The number of carbonyl (C=O) groups excluding carboxylic acids is 1. The maximum absolute atomic E-state index is 11.9. The Bertz CT molecular complexity index is 654. The van der Waals surface area contributed by atoms with E-state index in [2.05, 4.69) is 10.6 Å². The molecule has 4 N–H and O–H groups in total. The summed E-state index contributed by atoms with van der Waals surface area (Å²) in [5.41, 5.74) is 9.00. The van der Waals surface area contributed by atoms with Gasteiger partial charge in [-0.15, -0.1) is 0 Å². The van der Waals surface area contributed by atoms with Gasteiger partial charge in [-0.25, -0.2) is 4.79 Å². The first-order valence-corrected chi connectivity index (χ1v) is 7.06. The van der Waals surface area contributed by atoms with E-state index >= 15 is 0 Å². The number of hydrogen-bond acceptors (Lipinski definition) is 2. The first-order valence-electron chi connectivity index (χ1n) is 6.30. The van der Waals surface area contributed by atoms with Crippen LogP contribution in [0.1, 0.15) is 11.1 Å². The number of carbonyl (C=O) groups is 1. The lowest BCUT2D eigenvalue weighted by molar-refractivity contribution is 0.251. The molecule has 0 heterocycles. The maximum Gasteiger partial charge on any atom is 0.319 e. The number of rotatable bonds is 3. The van der Waals surface area contributed by atoms with Crippen LogP contribution in [0.25, 0.3) is 0 Å². The molecule has 0 atom stereocenters. The van der Waals surface area contributed by atoms with E-state index < -0.39 is 0 Å². The van der Waals surface area contributed by atoms with Crippen LogP contribution in [0.4, 0.5) is 16.2 Å². The summed E-state index contributed by atoms with van der Waals surface area (Å²) in [6.45, 7) is 2.30. The molecule has 0 aliphatic rings. The molecule has 0 bridgehead atoms. The Balaban J connectivity index is 1.97. The molecule has 2 amide bonds. The van der Waals surface area contributed by atoms with Gasteiger partial charge in [0.15, 0.2) is 0 Å². The number of nitrogens with two attached hydrogens (primary N) is 1. The van der Waals surface area contributed by atoms with Gasteiger partial charge in [0.05, 0.1) is 0 Å². The molecule has 0 radical (unpaired) electrons. The number of nitrogen functional groups attached to an aromatic ring is 1. The summed E-state index contributed by atoms with van der Waals surface area (Å²) >= 11 is 11.7. The van der Waals surface area contributed by atoms with Gasteiger partial charge in [-0.1, -0.05) is 35.3 Å². The minimum absolute atomic E-state index is 0.338. The van der Waals surface area contributed by atoms with Crippen LogP contribution in [-0.4, -0.2) is 6.03 Å². The Morgan fingerprint density at radius 2 is 1.86 bits per heavy atom. The molecule has 2 aromatic carbocycles. The number of anilines is 2. The van der Waals surface area contributed by atoms with Crippen LogP contribution >= 0.6 is 23.2 Å². The molecule has 2 aromatic rings. The van der Waals surface area contributed by atoms with E-state index in [1.807, 2.05) is 25.1 Å². The van der Waals surface area contributed by atoms with E-state index in [-0.39, 0.29) is 6.03 Å². The zero-order valence-corrected chi connectivity index (χ0v) is 12.9. The van der Waals surface area contributed by atoms with Gasteiger partial charge >= 0.3 is 6.03 Å². The van der Waals surface area contributed by atoms with Crippen LogP contribution in [0.15, 0.2) is 36.4 Å². The molecule has 110 valence electrons. The molecule has 4 nitrogen and oxygen atoms in total. The van der Waals surface area contributed by atoms with Crippen molar-refractivity contribution in [3.63, 3.8) is 0 Å². The summed E-state index contributed by atoms with van der Waals surface area (Å²) in [5, 5.41) is 6.37. The van der Waals surface area contributed by atoms with Crippen LogP contribution < -0.4 is 16.4 Å². The lowest BCUT2D eigenvalue weighted by Crippen LogP contribution is -2.28. The highest BCUT2D eigenvalue weighted by molar-refractivity contribution is 6.35. The monoisotopic (exact) mass is 323 g/mol. The van der Waals surface area contributed by atoms with Crippen LogP contribution in [0.3, 0.4) is 0 Å². The molecule has 0 spiro atoms. The van der Waals surface area contributed by atoms with Gasteiger partial charge in [-0.3, -0.25) is 0 Å². The van der Waals surface area contributed by atoms with Crippen molar-refractivity contribution in [1.29, 1.82) is 0 Å². The lowest BCUT2D eigenvalue weighted by Gasteiger charge is -2.11. The fourth-order valence-electron chi connectivity index (χ4n) is 1.87. The third-order valence-electron chi connectivity index (χ3n) is 3.05. The Morgan fingerprint density at radius 3 is 2.52 bits per heavy atom. The van der Waals surface area contributed by atoms with Gasteiger partial charge in [-0.2, -0.15) is 0 Å². The fraction of sp³-hybridized carbons (Fsp3) is 0.133. The Morgan fingerprint density at radius 1 is 1.19 bits per heavy atom. The molecule has 0 aromatic heterocycles. The third kappa shape index (κ3) is 4.28. The Hall–Kier alpha value is -1.91. The largest absolute Gasteiger partial charge is 0.399 e. The molecule has 0 saturated heterocycles. The third-order valence-corrected chi connectivity index (χ3v) is 3.48. The summed E-state index contributed by atoms with van der Waals surface area (Å²) in [6.07, 6.45) is 0. The maximum atomic E-state index is 11.9. The molecule has 0 unspecified atom stereocenters. The fourth-order valence-corrected chi connectivity index (χ4v) is 2.40. The predicted molar refractivity (Wildman–Crippen MR) is 87.9 cm³/mol. The zero-order chi connectivity index (χ0) is 15.4. The van der Waals surface area contributed by atoms with Crippen molar-refractivity contribution in [1.82, 2.24) is 5.32 Å². The average molecular weight is 324 g/mol. The predicted octanol–water partition coefficient (Wildman–Crippen LogP) is 4.21. The molecular weight excluding hydrogens is 309 g/mol. The molecule has 2 rings (SSSR count). The van der Waals surface area contributed by atoms with E-state index in [0.717, 1.165) is 11.1 Å². The molecule has 0 aliphatic carbocycles. The molecule has 21 heavy (non-hydrogen) atoms. The number of urea groups is 1. The highest BCUT2D eigenvalue weighted by Crippen LogP contribution is 2.22. The first-order chi connectivity index (χ1) is 9.95. The van der Waals surface area contributed by atoms with Crippen LogP contribution in [0.5, 0.6) is 0 Å². The second-order valence-corrected chi connectivity index (χ2v) is 5.47. The molecule has 0 fully saturated rings. The van der Waals surface area contributed by atoms with E-state index in [1.165, 1.54) is 0 Å². The van der Waals surface area contributed by atoms with Crippen LogP contribution in [0.2, 0.25) is 10.0 Å². The van der Waals surface area contributed by atoms with Gasteiger partial charge < -0.3 is 16.4 Å². The highest BCUT2D eigenvalue weighted by atomic mass is 35.5. The number of hydrogen-bond donors (Lipinski definition) is 3. The first kappa shape index (κ1) is 15.5. The molecule has 6 heteroatoms. The number of benzene rings is 2. The van der Waals surface area contributed by atoms with Gasteiger partial charge in [-0.05, 0) is 42.3 Å². The Kier molecular flexibility index (Phi) is 4.94. The number of halogens is 2. The highest BCUT2D eigenvalue weighted by Gasteiger charge is 2.06. The zero-order valence-electron chi connectivity index (χ0n) is 11.4. The average Bonchev–Trinajstić information content (AvgIpc) is 2.39. The van der Waals surface area contributed by atoms with E-state index in [9.17, 15) is 4.79 Å². The summed E-state index contributed by atoms with van der Waals surface area (Å²) in [7, 11) is 0. The van der Waals surface area contributed by atoms with Crippen molar-refractivity contribution in [2.75, 3.05) is 11.1 Å². The quantitative estimate of drug-likeness (QED) is 0.741. The van der Waals surface area contributed by atoms with Crippen LogP contribution in [0, 0.1) is 6.92 Å². The normalized spacial score (nSPS) is 10.2. The second-order valence-electron chi connectivity index (χ2n) is 4.60. The topological polar surface area (TPSA) is 67.1 Å². The molecular formula is C15H15Cl2N3O. The second kappa shape index (κ2) is 6.70. The van der Waals surface area contributed by atoms with Crippen molar-refractivity contribution in [2.45, 2.75) is 13.5 Å². The minimum Gasteiger partial charge on any atom is -0.399 e. The standard InChI is InChI=1S/C15H15Cl2N3O/c1-9-10(3-2-4-14(9)18)8-19-15(21)20-13-6-11(16)5-12(17)7-13/h2-7H,8,18H2,1H3,(H2,19,20,21). The van der Waals surface area contributed by atoms with E-state index in [0.29, 0.717) is 28.0 Å². The van der Waals surface area contributed by atoms with Gasteiger partial charge in [0, 0.05) is 28.0 Å². The van der Waals surface area contributed by atoms with Crippen molar-refractivity contribution in [3.8, 4) is 0 Å². The van der Waals surface area contributed by atoms with E-state index in [1.54, 1.807) is 18.2 Å². The van der Waals surface area contributed by atoms with Gasteiger partial charge in [0.2, 0.25) is 0 Å². The van der Waals surface area contributed by atoms with Gasteiger partial charge in [0.1, 0.15) is 0 Å². The summed E-state index contributed by atoms with van der Waals surface area (Å²) in [5.74, 6) is 0. The summed E-state index contributed by atoms with van der Waals surface area (Å²) < 4.78 is 0. The SMILES string of the molecule is Cc1c(N)cccc1CNC(=O)Nc1cc(Cl)cc(Cl)c1. The number of nitrogens with one attached hydrogen (secondary N) is 2. The van der Waals surface area contributed by atoms with Crippen molar-refractivity contribution in [2.24, 2.45) is 0 Å².